The number of rotatable bonds is 7. The lowest BCUT2D eigenvalue weighted by Gasteiger charge is -2.42. The van der Waals surface area contributed by atoms with E-state index in [2.05, 4.69) is 30.6 Å². The molecule has 0 bridgehead atoms. The molecule has 1 atom stereocenters. The molecule has 0 radical (unpaired) electrons. The number of β-amino-alcohol motifs (C(OH)–C–C–N with tert-alkyl or cyclic N) is 1. The molecule has 0 spiro atoms. The average molecular weight is 274 g/mol. The monoisotopic (exact) mass is 274 g/mol. The molecule has 5 nitrogen and oxygen atoms in total. The molecular weight excluding hydrogens is 244 g/mol. The van der Waals surface area contributed by atoms with Crippen molar-refractivity contribution < 1.29 is 14.6 Å². The van der Waals surface area contributed by atoms with Crippen LogP contribution in [-0.4, -0.2) is 86.2 Å². The lowest BCUT2D eigenvalue weighted by atomic mass is 10.0. The first-order valence-electron chi connectivity index (χ1n) is 7.15. The van der Waals surface area contributed by atoms with E-state index < -0.39 is 6.10 Å². The van der Waals surface area contributed by atoms with Gasteiger partial charge in [-0.3, -0.25) is 9.80 Å². The van der Waals surface area contributed by atoms with Gasteiger partial charge in [0.2, 0.25) is 0 Å². The normalized spacial score (nSPS) is 20.7. The topological polar surface area (TPSA) is 45.2 Å². The van der Waals surface area contributed by atoms with Gasteiger partial charge in [-0.05, 0) is 20.8 Å². The summed E-state index contributed by atoms with van der Waals surface area (Å²) in [5.74, 6) is 0. The first-order valence-corrected chi connectivity index (χ1v) is 7.15. The lowest BCUT2D eigenvalue weighted by molar-refractivity contribution is -0.0130. The molecule has 1 fully saturated rings. The highest BCUT2D eigenvalue weighted by Crippen LogP contribution is 2.15. The van der Waals surface area contributed by atoms with Crippen molar-refractivity contribution in [3.8, 4) is 0 Å². The Kier molecular flexibility index (Phi) is 7.25. The Morgan fingerprint density at radius 2 is 1.74 bits per heavy atom. The van der Waals surface area contributed by atoms with Crippen LogP contribution in [0.1, 0.15) is 20.8 Å². The van der Waals surface area contributed by atoms with E-state index in [-0.39, 0.29) is 5.54 Å². The van der Waals surface area contributed by atoms with Gasteiger partial charge in [-0.25, -0.2) is 0 Å². The van der Waals surface area contributed by atoms with Gasteiger partial charge in [0, 0.05) is 45.4 Å². The van der Waals surface area contributed by atoms with Gasteiger partial charge in [-0.15, -0.1) is 0 Å². The number of aliphatic hydroxyl groups is 1. The van der Waals surface area contributed by atoms with Crippen molar-refractivity contribution in [2.24, 2.45) is 0 Å². The minimum Gasteiger partial charge on any atom is -0.389 e. The molecular formula is C14H30N2O3. The summed E-state index contributed by atoms with van der Waals surface area (Å²) in [7, 11) is 1.65. The van der Waals surface area contributed by atoms with Gasteiger partial charge in [0.25, 0.3) is 0 Å². The van der Waals surface area contributed by atoms with Crippen LogP contribution in [0.15, 0.2) is 0 Å². The van der Waals surface area contributed by atoms with Crippen molar-refractivity contribution in [3.05, 3.63) is 0 Å². The van der Waals surface area contributed by atoms with E-state index in [1.165, 1.54) is 0 Å². The average Bonchev–Trinajstić information content (AvgIpc) is 2.34. The fourth-order valence-corrected chi connectivity index (χ4v) is 2.31. The van der Waals surface area contributed by atoms with E-state index >= 15 is 0 Å². The summed E-state index contributed by atoms with van der Waals surface area (Å²) in [5, 5.41) is 9.91. The first-order chi connectivity index (χ1) is 8.93. The van der Waals surface area contributed by atoms with E-state index in [4.69, 9.17) is 9.47 Å². The summed E-state index contributed by atoms with van der Waals surface area (Å²) < 4.78 is 10.2. The van der Waals surface area contributed by atoms with Crippen LogP contribution in [0.2, 0.25) is 0 Å². The van der Waals surface area contributed by atoms with Crippen LogP contribution in [0.25, 0.3) is 0 Å². The maximum absolute atomic E-state index is 9.91. The van der Waals surface area contributed by atoms with Crippen molar-refractivity contribution in [2.75, 3.05) is 59.7 Å². The number of nitrogens with zero attached hydrogens (tertiary/aromatic N) is 2. The quantitative estimate of drug-likeness (QED) is 0.682. The molecule has 5 heteroatoms. The third-order valence-corrected chi connectivity index (χ3v) is 3.53. The third-order valence-electron chi connectivity index (χ3n) is 3.53. The fourth-order valence-electron chi connectivity index (χ4n) is 2.31. The molecule has 0 aromatic carbocycles. The van der Waals surface area contributed by atoms with E-state index in [1.54, 1.807) is 7.11 Å². The summed E-state index contributed by atoms with van der Waals surface area (Å²) >= 11 is 0. The van der Waals surface area contributed by atoms with Crippen LogP contribution < -0.4 is 0 Å². The molecule has 1 unspecified atom stereocenters. The Balaban J connectivity index is 2.14. The lowest BCUT2D eigenvalue weighted by Crippen LogP contribution is -2.54. The molecule has 0 saturated carbocycles. The van der Waals surface area contributed by atoms with E-state index in [1.807, 2.05) is 0 Å². The molecule has 1 aliphatic rings. The standard InChI is InChI=1S/C14H30N2O3/c1-14(2,3)16-7-5-15(6-8-16)11-13(17)12-19-10-9-18-4/h13,17H,5-12H2,1-4H3. The Hall–Kier alpha value is -0.200. The SMILES string of the molecule is COCCOCC(O)CN1CCN(C(C)(C)C)CC1. The van der Waals surface area contributed by atoms with E-state index in [0.717, 1.165) is 26.2 Å². The molecule has 0 aromatic rings. The van der Waals surface area contributed by atoms with Gasteiger partial charge in [-0.2, -0.15) is 0 Å². The van der Waals surface area contributed by atoms with Crippen molar-refractivity contribution in [1.82, 2.24) is 9.80 Å². The minimum absolute atomic E-state index is 0.244. The van der Waals surface area contributed by atoms with Gasteiger partial charge in [0.05, 0.1) is 25.9 Å². The predicted molar refractivity (Wildman–Crippen MR) is 76.5 cm³/mol. The van der Waals surface area contributed by atoms with Crippen molar-refractivity contribution >= 4 is 0 Å². The fraction of sp³-hybridized carbons (Fsp3) is 1.00. The van der Waals surface area contributed by atoms with E-state index in [9.17, 15) is 5.11 Å². The zero-order valence-electron chi connectivity index (χ0n) is 12.9. The molecule has 0 aromatic heterocycles. The molecule has 1 heterocycles. The molecule has 0 aliphatic carbocycles. The summed E-state index contributed by atoms with van der Waals surface area (Å²) in [6, 6.07) is 0. The Labute approximate surface area is 117 Å². The molecule has 0 amide bonds. The summed E-state index contributed by atoms with van der Waals surface area (Å²) in [6.45, 7) is 13.2. The summed E-state index contributed by atoms with van der Waals surface area (Å²) in [4.78, 5) is 4.80. The highest BCUT2D eigenvalue weighted by molar-refractivity contribution is 4.82. The number of methoxy groups -OCH3 is 1. The van der Waals surface area contributed by atoms with Crippen molar-refractivity contribution in [3.63, 3.8) is 0 Å². The number of ether oxygens (including phenoxy) is 2. The van der Waals surface area contributed by atoms with Crippen molar-refractivity contribution in [1.29, 1.82) is 0 Å². The largest absolute Gasteiger partial charge is 0.389 e. The number of piperazine rings is 1. The second-order valence-electron chi connectivity index (χ2n) is 6.18. The van der Waals surface area contributed by atoms with Crippen molar-refractivity contribution in [2.45, 2.75) is 32.4 Å². The van der Waals surface area contributed by atoms with Crippen LogP contribution in [0, 0.1) is 0 Å². The maximum atomic E-state index is 9.91. The smallest absolute Gasteiger partial charge is 0.0900 e. The molecule has 114 valence electrons. The van der Waals surface area contributed by atoms with Crippen LogP contribution in [0.4, 0.5) is 0 Å². The molecule has 1 aliphatic heterocycles. The number of hydrogen-bond acceptors (Lipinski definition) is 5. The third kappa shape index (κ3) is 6.68. The Bertz CT molecular complexity index is 235. The second kappa shape index (κ2) is 8.17. The Morgan fingerprint density at radius 1 is 1.11 bits per heavy atom. The van der Waals surface area contributed by atoms with Gasteiger partial charge in [0.1, 0.15) is 0 Å². The Morgan fingerprint density at radius 3 is 2.26 bits per heavy atom. The van der Waals surface area contributed by atoms with Crippen LogP contribution in [-0.2, 0) is 9.47 Å². The first kappa shape index (κ1) is 16.9. The highest BCUT2D eigenvalue weighted by atomic mass is 16.5. The molecule has 1 N–H and O–H groups in total. The zero-order chi connectivity index (χ0) is 14.3. The second-order valence-corrected chi connectivity index (χ2v) is 6.18. The zero-order valence-corrected chi connectivity index (χ0v) is 12.9. The predicted octanol–water partition coefficient (Wildman–Crippen LogP) is 0.426. The summed E-state index contributed by atoms with van der Waals surface area (Å²) in [6.07, 6.45) is -0.405. The molecule has 1 rings (SSSR count). The highest BCUT2D eigenvalue weighted by Gasteiger charge is 2.26. The number of hydrogen-bond donors (Lipinski definition) is 1. The maximum Gasteiger partial charge on any atom is 0.0900 e. The van der Waals surface area contributed by atoms with Gasteiger partial charge in [0.15, 0.2) is 0 Å². The van der Waals surface area contributed by atoms with Crippen LogP contribution in [0.5, 0.6) is 0 Å². The van der Waals surface area contributed by atoms with Crippen LogP contribution >= 0.6 is 0 Å². The van der Waals surface area contributed by atoms with Crippen LogP contribution in [0.3, 0.4) is 0 Å². The summed E-state index contributed by atoms with van der Waals surface area (Å²) in [5.41, 5.74) is 0.244. The molecule has 19 heavy (non-hydrogen) atoms. The molecule has 1 saturated heterocycles. The van der Waals surface area contributed by atoms with Gasteiger partial charge >= 0.3 is 0 Å². The van der Waals surface area contributed by atoms with Gasteiger partial charge in [-0.1, -0.05) is 0 Å². The minimum atomic E-state index is -0.405. The van der Waals surface area contributed by atoms with Gasteiger partial charge < -0.3 is 14.6 Å². The number of aliphatic hydroxyl groups excluding tert-OH is 1. The van der Waals surface area contributed by atoms with E-state index in [0.29, 0.717) is 26.4 Å².